The SMILES string of the molecule is O=C(CCc1ccccn1)NC1CCCCC1. The molecule has 17 heavy (non-hydrogen) atoms. The quantitative estimate of drug-likeness (QED) is 0.866. The molecule has 1 fully saturated rings. The highest BCUT2D eigenvalue weighted by Crippen LogP contribution is 2.17. The first-order valence-electron chi connectivity index (χ1n) is 6.54. The summed E-state index contributed by atoms with van der Waals surface area (Å²) in [6.45, 7) is 0. The van der Waals surface area contributed by atoms with Gasteiger partial charge in [-0.05, 0) is 31.4 Å². The fraction of sp³-hybridized carbons (Fsp3) is 0.571. The van der Waals surface area contributed by atoms with Crippen molar-refractivity contribution in [2.24, 2.45) is 0 Å². The molecule has 1 N–H and O–H groups in total. The highest BCUT2D eigenvalue weighted by atomic mass is 16.1. The summed E-state index contributed by atoms with van der Waals surface area (Å²) in [6.07, 6.45) is 9.18. The van der Waals surface area contributed by atoms with Gasteiger partial charge in [-0.2, -0.15) is 0 Å². The Morgan fingerprint density at radius 2 is 2.12 bits per heavy atom. The van der Waals surface area contributed by atoms with Crippen molar-refractivity contribution in [1.82, 2.24) is 10.3 Å². The number of aromatic nitrogens is 1. The van der Waals surface area contributed by atoms with Crippen LogP contribution in [0.5, 0.6) is 0 Å². The normalized spacial score (nSPS) is 16.7. The summed E-state index contributed by atoms with van der Waals surface area (Å²) in [4.78, 5) is 16.0. The molecule has 1 aliphatic carbocycles. The second-order valence-corrected chi connectivity index (χ2v) is 4.72. The van der Waals surface area contributed by atoms with Crippen molar-refractivity contribution >= 4 is 5.91 Å². The van der Waals surface area contributed by atoms with Crippen LogP contribution in [0.2, 0.25) is 0 Å². The number of nitrogens with one attached hydrogen (secondary N) is 1. The van der Waals surface area contributed by atoms with Crippen LogP contribution in [0.4, 0.5) is 0 Å². The maximum atomic E-state index is 11.7. The summed E-state index contributed by atoms with van der Waals surface area (Å²) in [6, 6.07) is 6.24. The Hall–Kier alpha value is -1.38. The Kier molecular flexibility index (Phi) is 4.54. The van der Waals surface area contributed by atoms with E-state index in [9.17, 15) is 4.79 Å². The molecule has 1 heterocycles. The summed E-state index contributed by atoms with van der Waals surface area (Å²) in [5, 5.41) is 3.12. The van der Waals surface area contributed by atoms with Crippen LogP contribution in [0.25, 0.3) is 0 Å². The molecule has 0 atom stereocenters. The molecule has 1 amide bonds. The lowest BCUT2D eigenvalue weighted by molar-refractivity contribution is -0.122. The Morgan fingerprint density at radius 3 is 2.82 bits per heavy atom. The van der Waals surface area contributed by atoms with Gasteiger partial charge in [0.25, 0.3) is 0 Å². The zero-order valence-electron chi connectivity index (χ0n) is 10.2. The predicted molar refractivity (Wildman–Crippen MR) is 67.6 cm³/mol. The monoisotopic (exact) mass is 232 g/mol. The highest BCUT2D eigenvalue weighted by Gasteiger charge is 2.15. The minimum absolute atomic E-state index is 0.169. The van der Waals surface area contributed by atoms with Gasteiger partial charge >= 0.3 is 0 Å². The number of hydrogen-bond acceptors (Lipinski definition) is 2. The number of carbonyl (C=O) groups is 1. The predicted octanol–water partition coefficient (Wildman–Crippen LogP) is 2.46. The molecule has 0 spiro atoms. The molecule has 1 aromatic rings. The van der Waals surface area contributed by atoms with Gasteiger partial charge in [0.2, 0.25) is 5.91 Å². The first kappa shape index (κ1) is 12.1. The summed E-state index contributed by atoms with van der Waals surface area (Å²) >= 11 is 0. The molecule has 1 saturated carbocycles. The summed E-state index contributed by atoms with van der Waals surface area (Å²) in [7, 11) is 0. The second-order valence-electron chi connectivity index (χ2n) is 4.72. The molecule has 92 valence electrons. The first-order valence-corrected chi connectivity index (χ1v) is 6.54. The van der Waals surface area contributed by atoms with E-state index >= 15 is 0 Å². The number of nitrogens with zero attached hydrogens (tertiary/aromatic N) is 1. The molecule has 0 saturated heterocycles. The van der Waals surface area contributed by atoms with Crippen LogP contribution in [0.1, 0.15) is 44.2 Å². The molecule has 0 aromatic carbocycles. The van der Waals surface area contributed by atoms with Crippen molar-refractivity contribution in [3.8, 4) is 0 Å². The average Bonchev–Trinajstić information content (AvgIpc) is 2.39. The van der Waals surface area contributed by atoms with Gasteiger partial charge in [-0.15, -0.1) is 0 Å². The summed E-state index contributed by atoms with van der Waals surface area (Å²) in [5.41, 5.74) is 0.992. The van der Waals surface area contributed by atoms with Crippen molar-refractivity contribution in [3.63, 3.8) is 0 Å². The van der Waals surface area contributed by atoms with E-state index in [2.05, 4.69) is 10.3 Å². The Balaban J connectivity index is 1.70. The van der Waals surface area contributed by atoms with Gasteiger partial charge in [-0.25, -0.2) is 0 Å². The van der Waals surface area contributed by atoms with E-state index in [1.165, 1.54) is 19.3 Å². The smallest absolute Gasteiger partial charge is 0.220 e. The van der Waals surface area contributed by atoms with E-state index < -0.39 is 0 Å². The minimum Gasteiger partial charge on any atom is -0.353 e. The fourth-order valence-corrected chi connectivity index (χ4v) is 2.33. The second kappa shape index (κ2) is 6.38. The zero-order valence-corrected chi connectivity index (χ0v) is 10.2. The van der Waals surface area contributed by atoms with E-state index in [-0.39, 0.29) is 5.91 Å². The van der Waals surface area contributed by atoms with E-state index in [0.717, 1.165) is 25.0 Å². The minimum atomic E-state index is 0.169. The van der Waals surface area contributed by atoms with Crippen molar-refractivity contribution < 1.29 is 4.79 Å². The Morgan fingerprint density at radius 1 is 1.29 bits per heavy atom. The van der Waals surface area contributed by atoms with Crippen LogP contribution in [-0.2, 0) is 11.2 Å². The number of rotatable bonds is 4. The third-order valence-electron chi connectivity index (χ3n) is 3.30. The van der Waals surface area contributed by atoms with E-state index in [4.69, 9.17) is 0 Å². The van der Waals surface area contributed by atoms with Crippen LogP contribution in [0.15, 0.2) is 24.4 Å². The highest BCUT2D eigenvalue weighted by molar-refractivity contribution is 5.76. The molecule has 3 nitrogen and oxygen atoms in total. The molecule has 2 rings (SSSR count). The van der Waals surface area contributed by atoms with Crippen LogP contribution in [0.3, 0.4) is 0 Å². The van der Waals surface area contributed by atoms with Crippen LogP contribution in [-0.4, -0.2) is 16.9 Å². The number of amides is 1. The molecule has 0 unspecified atom stereocenters. The van der Waals surface area contributed by atoms with Gasteiger partial charge in [0, 0.05) is 24.4 Å². The fourth-order valence-electron chi connectivity index (χ4n) is 2.33. The van der Waals surface area contributed by atoms with Crippen LogP contribution < -0.4 is 5.32 Å². The lowest BCUT2D eigenvalue weighted by atomic mass is 9.95. The number of hydrogen-bond donors (Lipinski definition) is 1. The zero-order chi connectivity index (χ0) is 11.9. The van der Waals surface area contributed by atoms with Crippen molar-refractivity contribution in [3.05, 3.63) is 30.1 Å². The molecular formula is C14H20N2O. The van der Waals surface area contributed by atoms with Gasteiger partial charge in [-0.1, -0.05) is 25.3 Å². The lowest BCUT2D eigenvalue weighted by Gasteiger charge is -2.22. The third kappa shape index (κ3) is 4.17. The van der Waals surface area contributed by atoms with Crippen molar-refractivity contribution in [2.75, 3.05) is 0 Å². The standard InChI is InChI=1S/C14H20N2O/c17-14(16-13-7-2-1-3-8-13)10-9-12-6-4-5-11-15-12/h4-6,11,13H,1-3,7-10H2,(H,16,17). The average molecular weight is 232 g/mol. The first-order chi connectivity index (χ1) is 8.34. The van der Waals surface area contributed by atoms with Crippen LogP contribution in [0, 0.1) is 0 Å². The Labute approximate surface area is 103 Å². The largest absolute Gasteiger partial charge is 0.353 e. The lowest BCUT2D eigenvalue weighted by Crippen LogP contribution is -2.36. The summed E-state index contributed by atoms with van der Waals surface area (Å²) < 4.78 is 0. The number of pyridine rings is 1. The van der Waals surface area contributed by atoms with Crippen LogP contribution >= 0.6 is 0 Å². The van der Waals surface area contributed by atoms with E-state index in [1.54, 1.807) is 6.20 Å². The van der Waals surface area contributed by atoms with Crippen molar-refractivity contribution in [2.45, 2.75) is 51.0 Å². The topological polar surface area (TPSA) is 42.0 Å². The van der Waals surface area contributed by atoms with Gasteiger partial charge in [-0.3, -0.25) is 9.78 Å². The number of aryl methyl sites for hydroxylation is 1. The molecule has 3 heteroatoms. The molecule has 0 aliphatic heterocycles. The van der Waals surface area contributed by atoms with Gasteiger partial charge < -0.3 is 5.32 Å². The molecule has 0 radical (unpaired) electrons. The maximum Gasteiger partial charge on any atom is 0.220 e. The van der Waals surface area contributed by atoms with Gasteiger partial charge in [0.15, 0.2) is 0 Å². The van der Waals surface area contributed by atoms with Crippen molar-refractivity contribution in [1.29, 1.82) is 0 Å². The third-order valence-corrected chi connectivity index (χ3v) is 3.30. The molecule has 0 bridgehead atoms. The number of carbonyl (C=O) groups excluding carboxylic acids is 1. The summed E-state index contributed by atoms with van der Waals surface area (Å²) in [5.74, 6) is 0.169. The van der Waals surface area contributed by atoms with E-state index in [1.807, 2.05) is 18.2 Å². The Bertz CT molecular complexity index is 344. The van der Waals surface area contributed by atoms with Gasteiger partial charge in [0.05, 0.1) is 0 Å². The molecule has 1 aliphatic rings. The molecule has 1 aromatic heterocycles. The molecular weight excluding hydrogens is 212 g/mol. The van der Waals surface area contributed by atoms with Gasteiger partial charge in [0.1, 0.15) is 0 Å². The maximum absolute atomic E-state index is 11.7. The van der Waals surface area contributed by atoms with E-state index in [0.29, 0.717) is 12.5 Å².